The Morgan fingerprint density at radius 1 is 1.33 bits per heavy atom. The molecule has 0 bridgehead atoms. The van der Waals surface area contributed by atoms with Crippen LogP contribution in [0.25, 0.3) is 0 Å². The van der Waals surface area contributed by atoms with Gasteiger partial charge in [-0.25, -0.2) is 0 Å². The molecule has 0 saturated carbocycles. The van der Waals surface area contributed by atoms with Crippen molar-refractivity contribution in [2.24, 2.45) is 0 Å². The third-order valence-electron chi connectivity index (χ3n) is 3.89. The quantitative estimate of drug-likeness (QED) is 0.898. The monoisotopic (exact) mass is 302 g/mol. The largest absolute Gasteiger partial charge is 0.418 e. The van der Waals surface area contributed by atoms with E-state index in [0.717, 1.165) is 19.3 Å². The molecule has 1 saturated heterocycles. The lowest BCUT2D eigenvalue weighted by atomic mass is 9.99. The van der Waals surface area contributed by atoms with Crippen LogP contribution < -0.4 is 10.2 Å². The molecule has 0 aromatic heterocycles. The summed E-state index contributed by atoms with van der Waals surface area (Å²) in [5.41, 5.74) is 0.169. The molecule has 1 aliphatic heterocycles. The average Bonchev–Trinajstić information content (AvgIpc) is 2.46. The number of halogens is 3. The lowest BCUT2D eigenvalue weighted by Crippen LogP contribution is -2.42. The first-order valence-corrected chi connectivity index (χ1v) is 7.19. The molecule has 0 aliphatic carbocycles. The van der Waals surface area contributed by atoms with E-state index in [1.165, 1.54) is 12.1 Å². The summed E-state index contributed by atoms with van der Waals surface area (Å²) in [6.45, 7) is 0.835. The number of nitrogens with zero attached hydrogens (tertiary/aromatic N) is 1. The fraction of sp³-hybridized carbons (Fsp3) is 0.600. The summed E-state index contributed by atoms with van der Waals surface area (Å²) in [5, 5.41) is 12.3. The molecule has 118 valence electrons. The number of alkyl halides is 3. The first-order chi connectivity index (χ1) is 9.97. The lowest BCUT2D eigenvalue weighted by Gasteiger charge is -2.38. The van der Waals surface area contributed by atoms with Gasteiger partial charge < -0.3 is 15.3 Å². The molecule has 1 aliphatic rings. The highest BCUT2D eigenvalue weighted by Gasteiger charge is 2.36. The van der Waals surface area contributed by atoms with Crippen LogP contribution in [0.15, 0.2) is 18.2 Å². The third kappa shape index (κ3) is 3.68. The zero-order chi connectivity index (χ0) is 15.5. The number of hydrogen-bond donors (Lipinski definition) is 2. The van der Waals surface area contributed by atoms with Crippen LogP contribution in [0.3, 0.4) is 0 Å². The number of aliphatic hydroxyl groups excluding tert-OH is 1. The number of rotatable bonds is 4. The van der Waals surface area contributed by atoms with Gasteiger partial charge in [-0.1, -0.05) is 6.07 Å². The maximum atomic E-state index is 13.3. The topological polar surface area (TPSA) is 35.5 Å². The number of piperidine rings is 1. The predicted octanol–water partition coefficient (Wildman–Crippen LogP) is 2.78. The Balaban J connectivity index is 2.41. The van der Waals surface area contributed by atoms with E-state index < -0.39 is 11.7 Å². The van der Waals surface area contributed by atoms with Gasteiger partial charge in [-0.2, -0.15) is 13.2 Å². The molecule has 0 amide bonds. The standard InChI is InChI=1S/C15H21F3N2O/c1-19-9-11-5-6-14(13(8-11)15(16,17)18)20-7-3-2-4-12(20)10-21/h5-6,8,12,19,21H,2-4,7,9-10H2,1H3. The van der Waals surface area contributed by atoms with E-state index in [4.69, 9.17) is 0 Å². The maximum absolute atomic E-state index is 13.3. The Bertz CT molecular complexity index is 476. The van der Waals surface area contributed by atoms with Crippen LogP contribution in [-0.2, 0) is 12.7 Å². The van der Waals surface area contributed by atoms with Gasteiger partial charge in [-0.05, 0) is 44.0 Å². The SMILES string of the molecule is CNCc1ccc(N2CCCCC2CO)c(C(F)(F)F)c1. The van der Waals surface area contributed by atoms with Crippen molar-refractivity contribution in [3.63, 3.8) is 0 Å². The first kappa shape index (κ1) is 16.1. The molecule has 1 atom stereocenters. The number of anilines is 1. The second-order valence-corrected chi connectivity index (χ2v) is 5.41. The van der Waals surface area contributed by atoms with Crippen LogP contribution in [0, 0.1) is 0 Å². The van der Waals surface area contributed by atoms with Crippen molar-refractivity contribution in [1.82, 2.24) is 5.32 Å². The zero-order valence-corrected chi connectivity index (χ0v) is 12.1. The number of aliphatic hydroxyl groups is 1. The minimum Gasteiger partial charge on any atom is -0.394 e. The zero-order valence-electron chi connectivity index (χ0n) is 12.1. The molecular weight excluding hydrogens is 281 g/mol. The molecule has 6 heteroatoms. The van der Waals surface area contributed by atoms with Gasteiger partial charge in [-0.15, -0.1) is 0 Å². The molecule has 3 nitrogen and oxygen atoms in total. The summed E-state index contributed by atoms with van der Waals surface area (Å²) in [6, 6.07) is 4.22. The molecule has 2 rings (SSSR count). The van der Waals surface area contributed by atoms with E-state index in [0.29, 0.717) is 18.7 Å². The highest BCUT2D eigenvalue weighted by atomic mass is 19.4. The van der Waals surface area contributed by atoms with Gasteiger partial charge in [0.15, 0.2) is 0 Å². The smallest absolute Gasteiger partial charge is 0.394 e. The molecular formula is C15H21F3N2O. The van der Waals surface area contributed by atoms with Crippen LogP contribution in [-0.4, -0.2) is 31.3 Å². The summed E-state index contributed by atoms with van der Waals surface area (Å²) >= 11 is 0. The Hall–Kier alpha value is -1.27. The Kier molecular flexibility index (Phi) is 5.11. The summed E-state index contributed by atoms with van der Waals surface area (Å²) < 4.78 is 40.0. The second kappa shape index (κ2) is 6.66. The van der Waals surface area contributed by atoms with E-state index in [-0.39, 0.29) is 18.3 Å². The van der Waals surface area contributed by atoms with Crippen LogP contribution in [0.1, 0.15) is 30.4 Å². The van der Waals surface area contributed by atoms with E-state index in [9.17, 15) is 18.3 Å². The van der Waals surface area contributed by atoms with Crippen molar-refractivity contribution >= 4 is 5.69 Å². The molecule has 0 spiro atoms. The summed E-state index contributed by atoms with van der Waals surface area (Å²) in [5.74, 6) is 0. The van der Waals surface area contributed by atoms with Gasteiger partial charge in [0.2, 0.25) is 0 Å². The van der Waals surface area contributed by atoms with Crippen molar-refractivity contribution in [2.45, 2.75) is 38.0 Å². The van der Waals surface area contributed by atoms with Crippen molar-refractivity contribution in [3.8, 4) is 0 Å². The highest BCUT2D eigenvalue weighted by Crippen LogP contribution is 2.39. The molecule has 1 heterocycles. The second-order valence-electron chi connectivity index (χ2n) is 5.41. The molecule has 0 radical (unpaired) electrons. The molecule has 1 aromatic carbocycles. The molecule has 2 N–H and O–H groups in total. The van der Waals surface area contributed by atoms with Gasteiger partial charge in [0.05, 0.1) is 18.2 Å². The van der Waals surface area contributed by atoms with Crippen LogP contribution in [0.4, 0.5) is 18.9 Å². The fourth-order valence-electron chi connectivity index (χ4n) is 2.88. The maximum Gasteiger partial charge on any atom is 0.418 e. The molecule has 21 heavy (non-hydrogen) atoms. The number of benzene rings is 1. The molecule has 1 fully saturated rings. The van der Waals surface area contributed by atoms with Gasteiger partial charge in [0, 0.05) is 18.8 Å². The summed E-state index contributed by atoms with van der Waals surface area (Å²) in [6.07, 6.45) is -1.87. The fourth-order valence-corrected chi connectivity index (χ4v) is 2.88. The number of nitrogens with one attached hydrogen (secondary N) is 1. The highest BCUT2D eigenvalue weighted by molar-refractivity contribution is 5.57. The minimum atomic E-state index is -4.39. The first-order valence-electron chi connectivity index (χ1n) is 7.19. The summed E-state index contributed by atoms with van der Waals surface area (Å²) in [7, 11) is 1.70. The normalized spacial score (nSPS) is 19.9. The Morgan fingerprint density at radius 3 is 2.71 bits per heavy atom. The van der Waals surface area contributed by atoms with Crippen molar-refractivity contribution < 1.29 is 18.3 Å². The van der Waals surface area contributed by atoms with Gasteiger partial charge in [-0.3, -0.25) is 0 Å². The predicted molar refractivity (Wildman–Crippen MR) is 76.3 cm³/mol. The average molecular weight is 302 g/mol. The Labute approximate surface area is 122 Å². The van der Waals surface area contributed by atoms with Crippen molar-refractivity contribution in [3.05, 3.63) is 29.3 Å². The van der Waals surface area contributed by atoms with Crippen LogP contribution in [0.5, 0.6) is 0 Å². The molecule has 1 unspecified atom stereocenters. The van der Waals surface area contributed by atoms with E-state index in [1.54, 1.807) is 18.0 Å². The van der Waals surface area contributed by atoms with Crippen LogP contribution >= 0.6 is 0 Å². The van der Waals surface area contributed by atoms with E-state index >= 15 is 0 Å². The van der Waals surface area contributed by atoms with Gasteiger partial charge in [0.1, 0.15) is 0 Å². The summed E-state index contributed by atoms with van der Waals surface area (Å²) in [4.78, 5) is 1.70. The molecule has 1 aromatic rings. The minimum absolute atomic E-state index is 0.116. The third-order valence-corrected chi connectivity index (χ3v) is 3.89. The van der Waals surface area contributed by atoms with Gasteiger partial charge in [0.25, 0.3) is 0 Å². The number of hydrogen-bond acceptors (Lipinski definition) is 3. The van der Waals surface area contributed by atoms with Crippen LogP contribution in [0.2, 0.25) is 0 Å². The van der Waals surface area contributed by atoms with E-state index in [1.807, 2.05) is 0 Å². The lowest BCUT2D eigenvalue weighted by molar-refractivity contribution is -0.137. The van der Waals surface area contributed by atoms with E-state index in [2.05, 4.69) is 5.32 Å². The van der Waals surface area contributed by atoms with Gasteiger partial charge >= 0.3 is 6.18 Å². The Morgan fingerprint density at radius 2 is 2.10 bits per heavy atom. The van der Waals surface area contributed by atoms with Crippen molar-refractivity contribution in [2.75, 3.05) is 25.1 Å². The van der Waals surface area contributed by atoms with Crippen molar-refractivity contribution in [1.29, 1.82) is 0 Å².